The van der Waals surface area contributed by atoms with Crippen LogP contribution < -0.4 is 10.1 Å². The highest BCUT2D eigenvalue weighted by atomic mass is 32.2. The summed E-state index contributed by atoms with van der Waals surface area (Å²) in [6.07, 6.45) is 1.90. The summed E-state index contributed by atoms with van der Waals surface area (Å²) in [5.74, 6) is 1.95. The molecule has 2 atom stereocenters. The second-order valence-electron chi connectivity index (χ2n) is 5.98. The SMILES string of the molecule is Cc1ccc2c(c1)CC(CNCC1CCS(=O)(=O)C1)O2. The molecule has 2 heterocycles. The smallest absolute Gasteiger partial charge is 0.150 e. The summed E-state index contributed by atoms with van der Waals surface area (Å²) in [6.45, 7) is 3.64. The van der Waals surface area contributed by atoms with Gasteiger partial charge in [-0.25, -0.2) is 8.42 Å². The minimum absolute atomic E-state index is 0.171. The first-order valence-corrected chi connectivity index (χ1v) is 9.01. The molecule has 3 rings (SSSR count). The van der Waals surface area contributed by atoms with E-state index in [0.717, 1.165) is 31.7 Å². The number of rotatable bonds is 4. The average Bonchev–Trinajstić information content (AvgIpc) is 2.92. The van der Waals surface area contributed by atoms with Gasteiger partial charge in [0, 0.05) is 13.0 Å². The third kappa shape index (κ3) is 3.15. The number of aryl methyl sites for hydroxylation is 1. The Hall–Kier alpha value is -1.07. The van der Waals surface area contributed by atoms with Crippen molar-refractivity contribution in [2.45, 2.75) is 25.9 Å². The van der Waals surface area contributed by atoms with Crippen LogP contribution in [0.3, 0.4) is 0 Å². The molecule has 0 radical (unpaired) electrons. The lowest BCUT2D eigenvalue weighted by atomic mass is 10.1. The van der Waals surface area contributed by atoms with Gasteiger partial charge < -0.3 is 10.1 Å². The highest BCUT2D eigenvalue weighted by molar-refractivity contribution is 7.91. The Morgan fingerprint density at radius 2 is 2.20 bits per heavy atom. The van der Waals surface area contributed by atoms with Crippen molar-refractivity contribution in [2.24, 2.45) is 5.92 Å². The van der Waals surface area contributed by atoms with E-state index in [4.69, 9.17) is 4.74 Å². The molecule has 0 aromatic heterocycles. The highest BCUT2D eigenvalue weighted by Crippen LogP contribution is 2.29. The predicted molar refractivity (Wildman–Crippen MR) is 78.9 cm³/mol. The number of sulfone groups is 1. The molecule has 1 aromatic rings. The summed E-state index contributed by atoms with van der Waals surface area (Å²) < 4.78 is 28.7. The Kier molecular flexibility index (Phi) is 3.73. The summed E-state index contributed by atoms with van der Waals surface area (Å²) in [6, 6.07) is 6.28. The van der Waals surface area contributed by atoms with Crippen LogP contribution in [-0.2, 0) is 16.3 Å². The molecular formula is C15H21NO3S. The lowest BCUT2D eigenvalue weighted by Crippen LogP contribution is -2.33. The molecule has 1 saturated heterocycles. The molecule has 1 fully saturated rings. The molecule has 1 N–H and O–H groups in total. The lowest BCUT2D eigenvalue weighted by molar-refractivity contribution is 0.225. The quantitative estimate of drug-likeness (QED) is 0.910. The Labute approximate surface area is 120 Å². The van der Waals surface area contributed by atoms with E-state index in [1.807, 2.05) is 6.07 Å². The molecular weight excluding hydrogens is 274 g/mol. The molecule has 4 nitrogen and oxygen atoms in total. The van der Waals surface area contributed by atoms with E-state index in [0.29, 0.717) is 11.5 Å². The van der Waals surface area contributed by atoms with E-state index < -0.39 is 9.84 Å². The highest BCUT2D eigenvalue weighted by Gasteiger charge is 2.28. The van der Waals surface area contributed by atoms with Gasteiger partial charge in [-0.15, -0.1) is 0 Å². The Morgan fingerprint density at radius 3 is 2.95 bits per heavy atom. The number of hydrogen-bond acceptors (Lipinski definition) is 4. The van der Waals surface area contributed by atoms with Crippen LogP contribution in [0.1, 0.15) is 17.5 Å². The van der Waals surface area contributed by atoms with Gasteiger partial charge in [0.1, 0.15) is 11.9 Å². The van der Waals surface area contributed by atoms with E-state index in [9.17, 15) is 8.42 Å². The van der Waals surface area contributed by atoms with Gasteiger partial charge in [0.15, 0.2) is 9.84 Å². The number of fused-ring (bicyclic) bond motifs is 1. The van der Waals surface area contributed by atoms with Crippen LogP contribution in [0.5, 0.6) is 5.75 Å². The molecule has 20 heavy (non-hydrogen) atoms. The molecule has 2 aliphatic rings. The Balaban J connectivity index is 1.45. The van der Waals surface area contributed by atoms with E-state index in [1.54, 1.807) is 0 Å². The van der Waals surface area contributed by atoms with E-state index in [2.05, 4.69) is 24.4 Å². The first kappa shape index (κ1) is 13.9. The maximum absolute atomic E-state index is 11.4. The van der Waals surface area contributed by atoms with E-state index in [-0.39, 0.29) is 12.0 Å². The van der Waals surface area contributed by atoms with Gasteiger partial charge in [-0.2, -0.15) is 0 Å². The molecule has 2 aliphatic heterocycles. The first-order valence-electron chi connectivity index (χ1n) is 7.19. The van der Waals surface area contributed by atoms with Crippen LogP contribution in [0, 0.1) is 12.8 Å². The van der Waals surface area contributed by atoms with Gasteiger partial charge in [-0.1, -0.05) is 17.7 Å². The first-order chi connectivity index (χ1) is 9.52. The molecule has 1 aromatic carbocycles. The zero-order chi connectivity index (χ0) is 14.2. The monoisotopic (exact) mass is 295 g/mol. The van der Waals surface area contributed by atoms with Crippen LogP contribution in [0.4, 0.5) is 0 Å². The Morgan fingerprint density at radius 1 is 1.35 bits per heavy atom. The van der Waals surface area contributed by atoms with Crippen LogP contribution >= 0.6 is 0 Å². The fourth-order valence-electron chi connectivity index (χ4n) is 3.04. The number of benzene rings is 1. The predicted octanol–water partition coefficient (Wildman–Crippen LogP) is 1.32. The molecule has 0 amide bonds. The van der Waals surface area contributed by atoms with E-state index in [1.165, 1.54) is 11.1 Å². The van der Waals surface area contributed by atoms with Gasteiger partial charge in [0.05, 0.1) is 11.5 Å². The molecule has 0 spiro atoms. The van der Waals surface area contributed by atoms with Crippen molar-refractivity contribution in [3.05, 3.63) is 29.3 Å². The minimum Gasteiger partial charge on any atom is -0.488 e. The molecule has 0 saturated carbocycles. The standard InChI is InChI=1S/C15H21NO3S/c1-11-2-3-15-13(6-11)7-14(19-15)9-16-8-12-4-5-20(17,18)10-12/h2-3,6,12,14,16H,4-5,7-10H2,1H3. The fourth-order valence-corrected chi connectivity index (χ4v) is 4.91. The van der Waals surface area contributed by atoms with Crippen LogP contribution in [-0.4, -0.2) is 39.1 Å². The number of ether oxygens (including phenoxy) is 1. The largest absolute Gasteiger partial charge is 0.488 e. The second-order valence-corrected chi connectivity index (χ2v) is 8.21. The lowest BCUT2D eigenvalue weighted by Gasteiger charge is -2.14. The van der Waals surface area contributed by atoms with Crippen LogP contribution in [0.2, 0.25) is 0 Å². The van der Waals surface area contributed by atoms with Crippen molar-refractivity contribution in [2.75, 3.05) is 24.6 Å². The summed E-state index contributed by atoms with van der Waals surface area (Å²) in [5.41, 5.74) is 2.54. The third-order valence-electron chi connectivity index (χ3n) is 4.09. The summed E-state index contributed by atoms with van der Waals surface area (Å²) in [5, 5.41) is 3.37. The van der Waals surface area contributed by atoms with Crippen molar-refractivity contribution < 1.29 is 13.2 Å². The minimum atomic E-state index is -2.76. The molecule has 110 valence electrons. The van der Waals surface area contributed by atoms with Crippen molar-refractivity contribution in [3.63, 3.8) is 0 Å². The topological polar surface area (TPSA) is 55.4 Å². The molecule has 2 unspecified atom stereocenters. The van der Waals surface area contributed by atoms with Gasteiger partial charge in [0.2, 0.25) is 0 Å². The molecule has 0 bridgehead atoms. The second kappa shape index (κ2) is 5.37. The van der Waals surface area contributed by atoms with Gasteiger partial charge in [0.25, 0.3) is 0 Å². The summed E-state index contributed by atoms with van der Waals surface area (Å²) in [4.78, 5) is 0. The van der Waals surface area contributed by atoms with Crippen LogP contribution in [0.15, 0.2) is 18.2 Å². The zero-order valence-electron chi connectivity index (χ0n) is 11.8. The van der Waals surface area contributed by atoms with Gasteiger partial charge in [-0.3, -0.25) is 0 Å². The average molecular weight is 295 g/mol. The molecule has 5 heteroatoms. The zero-order valence-corrected chi connectivity index (χ0v) is 12.6. The van der Waals surface area contributed by atoms with Crippen molar-refractivity contribution >= 4 is 9.84 Å². The molecule has 0 aliphatic carbocycles. The maximum atomic E-state index is 11.4. The number of nitrogens with one attached hydrogen (secondary N) is 1. The summed E-state index contributed by atoms with van der Waals surface area (Å²) in [7, 11) is -2.76. The normalized spacial score (nSPS) is 27.2. The van der Waals surface area contributed by atoms with Crippen LogP contribution in [0.25, 0.3) is 0 Å². The number of hydrogen-bond donors (Lipinski definition) is 1. The van der Waals surface area contributed by atoms with E-state index >= 15 is 0 Å². The third-order valence-corrected chi connectivity index (χ3v) is 5.93. The Bertz CT molecular complexity index is 597. The maximum Gasteiger partial charge on any atom is 0.150 e. The summed E-state index contributed by atoms with van der Waals surface area (Å²) >= 11 is 0. The van der Waals surface area contributed by atoms with Crippen molar-refractivity contribution in [1.29, 1.82) is 0 Å². The van der Waals surface area contributed by atoms with Gasteiger partial charge >= 0.3 is 0 Å². The van der Waals surface area contributed by atoms with Crippen molar-refractivity contribution in [1.82, 2.24) is 5.32 Å². The van der Waals surface area contributed by atoms with Gasteiger partial charge in [-0.05, 0) is 37.4 Å². The fraction of sp³-hybridized carbons (Fsp3) is 0.600. The van der Waals surface area contributed by atoms with Crippen molar-refractivity contribution in [3.8, 4) is 5.75 Å².